The van der Waals surface area contributed by atoms with E-state index in [9.17, 15) is 17.4 Å². The van der Waals surface area contributed by atoms with Crippen molar-refractivity contribution < 1.29 is 17.4 Å². The molecule has 0 heterocycles. The van der Waals surface area contributed by atoms with Crippen LogP contribution in [0.1, 0.15) is 18.1 Å². The summed E-state index contributed by atoms with van der Waals surface area (Å²) in [4.78, 5) is 0. The van der Waals surface area contributed by atoms with E-state index in [0.29, 0.717) is 5.56 Å². The van der Waals surface area contributed by atoms with Crippen LogP contribution >= 0.6 is 0 Å². The summed E-state index contributed by atoms with van der Waals surface area (Å²) in [6.45, 7) is 1.97. The number of alkyl halides is 3. The first kappa shape index (κ1) is 14.2. The lowest BCUT2D eigenvalue weighted by Crippen LogP contribution is -2.22. The van der Waals surface area contributed by atoms with Crippen molar-refractivity contribution in [1.82, 2.24) is 0 Å². The van der Waals surface area contributed by atoms with E-state index in [0.717, 1.165) is 12.1 Å². The summed E-state index contributed by atoms with van der Waals surface area (Å²) in [5.41, 5.74) is 5.05. The van der Waals surface area contributed by atoms with Gasteiger partial charge in [0.15, 0.2) is 0 Å². The number of hydrogen-bond acceptors (Lipinski definition) is 2. The van der Waals surface area contributed by atoms with Gasteiger partial charge in [-0.1, -0.05) is 18.2 Å². The first-order valence-corrected chi connectivity index (χ1v) is 6.46. The monoisotopic (exact) mass is 265 g/mol. The van der Waals surface area contributed by atoms with Crippen LogP contribution in [0.25, 0.3) is 0 Å². The van der Waals surface area contributed by atoms with Crippen molar-refractivity contribution in [3.05, 3.63) is 35.4 Å². The highest BCUT2D eigenvalue weighted by atomic mass is 32.2. The van der Waals surface area contributed by atoms with Crippen LogP contribution in [0.15, 0.2) is 24.3 Å². The predicted octanol–water partition coefficient (Wildman–Crippen LogP) is 2.30. The maximum atomic E-state index is 12.4. The molecule has 0 saturated carbocycles. The second-order valence-corrected chi connectivity index (χ2v) is 5.62. The molecule has 2 nitrogen and oxygen atoms in total. The van der Waals surface area contributed by atoms with E-state index in [1.165, 1.54) is 12.1 Å². The van der Waals surface area contributed by atoms with Gasteiger partial charge in [0.1, 0.15) is 0 Å². The van der Waals surface area contributed by atoms with Gasteiger partial charge in [0.2, 0.25) is 0 Å². The van der Waals surface area contributed by atoms with Crippen molar-refractivity contribution in [3.63, 3.8) is 0 Å². The van der Waals surface area contributed by atoms with E-state index in [4.69, 9.17) is 5.73 Å². The fraction of sp³-hybridized carbons (Fsp3) is 0.455. The zero-order valence-electron chi connectivity index (χ0n) is 9.33. The van der Waals surface area contributed by atoms with E-state index >= 15 is 0 Å². The molecule has 0 aliphatic carbocycles. The Balaban J connectivity index is 2.83. The highest BCUT2D eigenvalue weighted by molar-refractivity contribution is 7.84. The quantitative estimate of drug-likeness (QED) is 0.907. The van der Waals surface area contributed by atoms with Gasteiger partial charge < -0.3 is 5.73 Å². The van der Waals surface area contributed by atoms with E-state index < -0.39 is 22.5 Å². The molecule has 2 atom stereocenters. The van der Waals surface area contributed by atoms with Gasteiger partial charge in [-0.15, -0.1) is 0 Å². The van der Waals surface area contributed by atoms with Gasteiger partial charge in [-0.05, 0) is 18.6 Å². The lowest BCUT2D eigenvalue weighted by molar-refractivity contribution is -0.137. The summed E-state index contributed by atoms with van der Waals surface area (Å²) in [6.07, 6.45) is -4.36. The van der Waals surface area contributed by atoms with Crippen molar-refractivity contribution >= 4 is 10.8 Å². The second kappa shape index (κ2) is 5.64. The number of rotatable bonds is 4. The Labute approximate surface area is 100 Å². The van der Waals surface area contributed by atoms with E-state index in [1.54, 1.807) is 6.92 Å². The molecule has 0 aliphatic rings. The van der Waals surface area contributed by atoms with Crippen LogP contribution in [-0.4, -0.2) is 16.0 Å². The summed E-state index contributed by atoms with van der Waals surface area (Å²) in [5, 5.41) is -0.218. The van der Waals surface area contributed by atoms with Gasteiger partial charge in [0, 0.05) is 28.3 Å². The Hall–Kier alpha value is -0.880. The molecule has 1 rings (SSSR count). The minimum absolute atomic E-state index is 0.0995. The van der Waals surface area contributed by atoms with Crippen LogP contribution in [0, 0.1) is 0 Å². The summed E-state index contributed by atoms with van der Waals surface area (Å²) >= 11 is 0. The van der Waals surface area contributed by atoms with E-state index in [-0.39, 0.29) is 17.5 Å². The fourth-order valence-corrected chi connectivity index (χ4v) is 2.26. The zero-order chi connectivity index (χ0) is 13.1. The number of benzene rings is 1. The summed E-state index contributed by atoms with van der Waals surface area (Å²) < 4.78 is 49.0. The average Bonchev–Trinajstić information content (AvgIpc) is 2.27. The Kier molecular flexibility index (Phi) is 4.70. The number of nitrogens with two attached hydrogens (primary N) is 1. The molecule has 0 saturated heterocycles. The maximum Gasteiger partial charge on any atom is 0.416 e. The molecule has 17 heavy (non-hydrogen) atoms. The fourth-order valence-electron chi connectivity index (χ4n) is 1.25. The average molecular weight is 265 g/mol. The van der Waals surface area contributed by atoms with Crippen molar-refractivity contribution in [3.8, 4) is 0 Å². The number of halogens is 3. The maximum absolute atomic E-state index is 12.4. The molecular weight excluding hydrogens is 251 g/mol. The number of hydrogen-bond donors (Lipinski definition) is 1. The van der Waals surface area contributed by atoms with Crippen molar-refractivity contribution in [2.45, 2.75) is 24.1 Å². The molecule has 0 spiro atoms. The van der Waals surface area contributed by atoms with Gasteiger partial charge in [-0.25, -0.2) is 0 Å². The highest BCUT2D eigenvalue weighted by Gasteiger charge is 2.30. The largest absolute Gasteiger partial charge is 0.416 e. The Morgan fingerprint density at radius 3 is 2.59 bits per heavy atom. The van der Waals surface area contributed by atoms with Gasteiger partial charge in [-0.3, -0.25) is 4.21 Å². The third-order valence-corrected chi connectivity index (χ3v) is 4.05. The molecule has 0 bridgehead atoms. The summed E-state index contributed by atoms with van der Waals surface area (Å²) in [6, 6.07) is 4.89. The molecule has 1 aromatic rings. The normalized spacial score (nSPS) is 15.6. The summed E-state index contributed by atoms with van der Waals surface area (Å²) in [5.74, 6) is 0.0995. The standard InChI is InChI=1S/C11H14F3NOS/c1-8(6-15)17(16)7-9-3-2-4-10(5-9)11(12,13)14/h2-5,8H,6-7,15H2,1H3. The highest BCUT2D eigenvalue weighted by Crippen LogP contribution is 2.29. The van der Waals surface area contributed by atoms with E-state index in [1.807, 2.05) is 0 Å². The molecule has 1 aromatic carbocycles. The molecule has 6 heteroatoms. The second-order valence-electron chi connectivity index (χ2n) is 3.77. The Bertz CT molecular complexity index is 406. The van der Waals surface area contributed by atoms with Crippen LogP contribution in [0.3, 0.4) is 0 Å². The minimum atomic E-state index is -4.36. The van der Waals surface area contributed by atoms with Crippen LogP contribution in [0.4, 0.5) is 13.2 Å². The zero-order valence-corrected chi connectivity index (χ0v) is 10.1. The Morgan fingerprint density at radius 2 is 2.06 bits per heavy atom. The van der Waals surface area contributed by atoms with Crippen LogP contribution < -0.4 is 5.73 Å². The Morgan fingerprint density at radius 1 is 1.41 bits per heavy atom. The lowest BCUT2D eigenvalue weighted by Gasteiger charge is -2.11. The molecule has 96 valence electrons. The minimum Gasteiger partial charge on any atom is -0.329 e. The SMILES string of the molecule is CC(CN)S(=O)Cc1cccc(C(F)(F)F)c1. The van der Waals surface area contributed by atoms with Crippen LogP contribution in [-0.2, 0) is 22.7 Å². The molecule has 0 aliphatic heterocycles. The van der Waals surface area contributed by atoms with Gasteiger partial charge in [0.25, 0.3) is 0 Å². The summed E-state index contributed by atoms with van der Waals surface area (Å²) in [7, 11) is -1.24. The smallest absolute Gasteiger partial charge is 0.329 e. The van der Waals surface area contributed by atoms with Crippen molar-refractivity contribution in [1.29, 1.82) is 0 Å². The third kappa shape index (κ3) is 4.12. The van der Waals surface area contributed by atoms with Gasteiger partial charge >= 0.3 is 6.18 Å². The van der Waals surface area contributed by atoms with E-state index in [2.05, 4.69) is 0 Å². The van der Waals surface area contributed by atoms with Gasteiger partial charge in [-0.2, -0.15) is 13.2 Å². The third-order valence-electron chi connectivity index (χ3n) is 2.34. The molecule has 2 N–H and O–H groups in total. The molecule has 0 aromatic heterocycles. The van der Waals surface area contributed by atoms with Crippen molar-refractivity contribution in [2.24, 2.45) is 5.73 Å². The molecular formula is C11H14F3NOS. The molecule has 2 unspecified atom stereocenters. The molecule has 0 amide bonds. The first-order chi connectivity index (χ1) is 7.84. The predicted molar refractivity (Wildman–Crippen MR) is 61.8 cm³/mol. The van der Waals surface area contributed by atoms with Gasteiger partial charge in [0.05, 0.1) is 5.56 Å². The first-order valence-electron chi connectivity index (χ1n) is 5.08. The van der Waals surface area contributed by atoms with Crippen LogP contribution in [0.2, 0.25) is 0 Å². The van der Waals surface area contributed by atoms with Crippen molar-refractivity contribution in [2.75, 3.05) is 6.54 Å². The lowest BCUT2D eigenvalue weighted by atomic mass is 10.1. The topological polar surface area (TPSA) is 43.1 Å². The molecule has 0 fully saturated rings. The van der Waals surface area contributed by atoms with Crippen LogP contribution in [0.5, 0.6) is 0 Å². The molecule has 0 radical (unpaired) electrons.